The number of benzene rings is 2. The first-order valence-corrected chi connectivity index (χ1v) is 8.55. The molecular formula is C19H15ClFN3O2. The van der Waals surface area contributed by atoms with E-state index in [0.29, 0.717) is 34.5 Å². The molecule has 132 valence electrons. The molecule has 0 unspecified atom stereocenters. The lowest BCUT2D eigenvalue weighted by Gasteiger charge is -2.16. The van der Waals surface area contributed by atoms with Crippen molar-refractivity contribution in [1.82, 2.24) is 10.1 Å². The van der Waals surface area contributed by atoms with E-state index in [-0.39, 0.29) is 24.1 Å². The summed E-state index contributed by atoms with van der Waals surface area (Å²) in [4.78, 5) is 18.3. The van der Waals surface area contributed by atoms with Gasteiger partial charge in [0.2, 0.25) is 17.6 Å². The Morgan fingerprint density at radius 3 is 2.73 bits per heavy atom. The van der Waals surface area contributed by atoms with Crippen molar-refractivity contribution in [2.24, 2.45) is 0 Å². The van der Waals surface area contributed by atoms with Crippen LogP contribution in [0.1, 0.15) is 23.8 Å². The molecule has 0 aliphatic carbocycles. The Morgan fingerprint density at radius 1 is 1.23 bits per heavy atom. The predicted molar refractivity (Wildman–Crippen MR) is 95.6 cm³/mol. The molecule has 4 rings (SSSR count). The lowest BCUT2D eigenvalue weighted by atomic mass is 10.1. The molecule has 0 radical (unpaired) electrons. The maximum Gasteiger partial charge on any atom is 0.232 e. The number of hydrogen-bond donors (Lipinski definition) is 0. The fraction of sp³-hybridized carbons (Fsp3) is 0.211. The van der Waals surface area contributed by atoms with Crippen LogP contribution in [0.25, 0.3) is 11.4 Å². The zero-order valence-electron chi connectivity index (χ0n) is 13.9. The number of hydrogen-bond acceptors (Lipinski definition) is 4. The summed E-state index contributed by atoms with van der Waals surface area (Å²) < 4.78 is 19.2. The Kier molecular flexibility index (Phi) is 4.20. The first kappa shape index (κ1) is 16.7. The van der Waals surface area contributed by atoms with Gasteiger partial charge in [0.25, 0.3) is 0 Å². The fourth-order valence-corrected chi connectivity index (χ4v) is 3.12. The van der Waals surface area contributed by atoms with Gasteiger partial charge in [-0.1, -0.05) is 22.8 Å². The standard InChI is InChI=1S/C19H15ClFN3O2/c1-11-2-7-15(9-16(11)21)24-10-13(8-17(24)25)19-22-18(23-26-19)12-3-5-14(20)6-4-12/h2-7,9,13H,8,10H2,1H3/t13-/m0/s1. The lowest BCUT2D eigenvalue weighted by Crippen LogP contribution is -2.24. The van der Waals surface area contributed by atoms with Gasteiger partial charge >= 0.3 is 0 Å². The molecule has 2 heterocycles. The first-order chi connectivity index (χ1) is 12.5. The van der Waals surface area contributed by atoms with Crippen LogP contribution in [0.4, 0.5) is 10.1 Å². The molecule has 26 heavy (non-hydrogen) atoms. The van der Waals surface area contributed by atoms with Crippen LogP contribution in [-0.2, 0) is 4.79 Å². The number of carbonyl (C=O) groups is 1. The molecule has 0 bridgehead atoms. The van der Waals surface area contributed by atoms with E-state index >= 15 is 0 Å². The van der Waals surface area contributed by atoms with Gasteiger partial charge in [0.15, 0.2) is 0 Å². The SMILES string of the molecule is Cc1ccc(N2C[C@@H](c3nc(-c4ccc(Cl)cc4)no3)CC2=O)cc1F. The molecule has 7 heteroatoms. The van der Waals surface area contributed by atoms with Crippen LogP contribution in [0, 0.1) is 12.7 Å². The number of nitrogens with zero attached hydrogens (tertiary/aromatic N) is 3. The summed E-state index contributed by atoms with van der Waals surface area (Å²) >= 11 is 5.89. The van der Waals surface area contributed by atoms with Crippen LogP contribution in [0.3, 0.4) is 0 Å². The van der Waals surface area contributed by atoms with Gasteiger partial charge in [0.1, 0.15) is 5.82 Å². The molecule has 2 aromatic carbocycles. The van der Waals surface area contributed by atoms with E-state index in [0.717, 1.165) is 5.56 Å². The zero-order chi connectivity index (χ0) is 18.3. The fourth-order valence-electron chi connectivity index (χ4n) is 2.99. The van der Waals surface area contributed by atoms with Crippen molar-refractivity contribution in [1.29, 1.82) is 0 Å². The van der Waals surface area contributed by atoms with Crippen LogP contribution in [0.5, 0.6) is 0 Å². The molecule has 1 fully saturated rings. The highest BCUT2D eigenvalue weighted by Crippen LogP contribution is 2.32. The van der Waals surface area contributed by atoms with Crippen LogP contribution in [0.15, 0.2) is 47.0 Å². The van der Waals surface area contributed by atoms with Crippen molar-refractivity contribution in [3.63, 3.8) is 0 Å². The van der Waals surface area contributed by atoms with E-state index in [4.69, 9.17) is 16.1 Å². The third-order valence-corrected chi connectivity index (χ3v) is 4.74. The summed E-state index contributed by atoms with van der Waals surface area (Å²) in [7, 11) is 0. The highest BCUT2D eigenvalue weighted by atomic mass is 35.5. The molecule has 3 aromatic rings. The second-order valence-corrected chi connectivity index (χ2v) is 6.74. The molecule has 1 saturated heterocycles. The molecule has 0 saturated carbocycles. The lowest BCUT2D eigenvalue weighted by molar-refractivity contribution is -0.117. The molecule has 1 amide bonds. The molecule has 1 aliphatic rings. The number of carbonyl (C=O) groups excluding carboxylic acids is 1. The van der Waals surface area contributed by atoms with Crippen LogP contribution < -0.4 is 4.90 Å². The quantitative estimate of drug-likeness (QED) is 0.686. The third-order valence-electron chi connectivity index (χ3n) is 4.49. The molecule has 1 atom stereocenters. The number of aryl methyl sites for hydroxylation is 1. The largest absolute Gasteiger partial charge is 0.339 e. The van der Waals surface area contributed by atoms with Crippen LogP contribution in [-0.4, -0.2) is 22.6 Å². The van der Waals surface area contributed by atoms with Gasteiger partial charge in [0, 0.05) is 29.2 Å². The second kappa shape index (κ2) is 6.53. The maximum atomic E-state index is 13.8. The summed E-state index contributed by atoms with van der Waals surface area (Å²) in [5.74, 6) is 0.203. The Hall–Kier alpha value is -2.73. The van der Waals surface area contributed by atoms with Gasteiger partial charge in [-0.3, -0.25) is 4.79 Å². The van der Waals surface area contributed by atoms with Crippen molar-refractivity contribution >= 4 is 23.2 Å². The van der Waals surface area contributed by atoms with Gasteiger partial charge in [-0.15, -0.1) is 0 Å². The average molecular weight is 372 g/mol. The summed E-state index contributed by atoms with van der Waals surface area (Å²) in [6.45, 7) is 2.06. The Labute approximate surface area is 154 Å². The molecule has 0 N–H and O–H groups in total. The Morgan fingerprint density at radius 2 is 2.00 bits per heavy atom. The van der Waals surface area contributed by atoms with Crippen molar-refractivity contribution in [3.05, 3.63) is 64.8 Å². The van der Waals surface area contributed by atoms with E-state index in [9.17, 15) is 9.18 Å². The van der Waals surface area contributed by atoms with Gasteiger partial charge < -0.3 is 9.42 Å². The minimum atomic E-state index is -0.332. The van der Waals surface area contributed by atoms with Crippen LogP contribution >= 0.6 is 11.6 Å². The number of aromatic nitrogens is 2. The smallest absolute Gasteiger partial charge is 0.232 e. The third kappa shape index (κ3) is 3.08. The number of halogens is 2. The van der Waals surface area contributed by atoms with Crippen molar-refractivity contribution in [2.45, 2.75) is 19.3 Å². The predicted octanol–water partition coefficient (Wildman–Crippen LogP) is 4.36. The number of rotatable bonds is 3. The summed E-state index contributed by atoms with van der Waals surface area (Å²) in [6.07, 6.45) is 0.248. The second-order valence-electron chi connectivity index (χ2n) is 6.30. The normalized spacial score (nSPS) is 17.1. The Balaban J connectivity index is 1.55. The Bertz CT molecular complexity index is 971. The minimum absolute atomic E-state index is 0.0931. The highest BCUT2D eigenvalue weighted by molar-refractivity contribution is 6.30. The maximum absolute atomic E-state index is 13.8. The van der Waals surface area contributed by atoms with Crippen molar-refractivity contribution in [2.75, 3.05) is 11.4 Å². The monoisotopic (exact) mass is 371 g/mol. The highest BCUT2D eigenvalue weighted by Gasteiger charge is 2.35. The minimum Gasteiger partial charge on any atom is -0.339 e. The molecule has 1 aliphatic heterocycles. The van der Waals surface area contributed by atoms with Crippen molar-refractivity contribution in [3.8, 4) is 11.4 Å². The topological polar surface area (TPSA) is 59.2 Å². The molecule has 5 nitrogen and oxygen atoms in total. The number of amides is 1. The van der Waals surface area contributed by atoms with E-state index in [2.05, 4.69) is 10.1 Å². The first-order valence-electron chi connectivity index (χ1n) is 8.17. The molecule has 1 aromatic heterocycles. The molecular weight excluding hydrogens is 357 g/mol. The van der Waals surface area contributed by atoms with Gasteiger partial charge in [-0.2, -0.15) is 4.98 Å². The average Bonchev–Trinajstić information content (AvgIpc) is 3.25. The van der Waals surface area contributed by atoms with Crippen LogP contribution in [0.2, 0.25) is 5.02 Å². The number of anilines is 1. The van der Waals surface area contributed by atoms with Gasteiger partial charge in [0.05, 0.1) is 5.92 Å². The van der Waals surface area contributed by atoms with E-state index in [1.165, 1.54) is 6.07 Å². The van der Waals surface area contributed by atoms with Crippen molar-refractivity contribution < 1.29 is 13.7 Å². The zero-order valence-corrected chi connectivity index (χ0v) is 14.7. The summed E-state index contributed by atoms with van der Waals surface area (Å²) in [5, 5.41) is 4.62. The van der Waals surface area contributed by atoms with Gasteiger partial charge in [-0.05, 0) is 48.9 Å². The van der Waals surface area contributed by atoms with E-state index in [1.54, 1.807) is 48.2 Å². The summed E-state index contributed by atoms with van der Waals surface area (Å²) in [5.41, 5.74) is 1.87. The molecule has 0 spiro atoms. The van der Waals surface area contributed by atoms with E-state index in [1.807, 2.05) is 0 Å². The van der Waals surface area contributed by atoms with E-state index < -0.39 is 0 Å². The summed E-state index contributed by atoms with van der Waals surface area (Å²) in [6, 6.07) is 11.9. The van der Waals surface area contributed by atoms with Gasteiger partial charge in [-0.25, -0.2) is 4.39 Å².